The molecule has 3 rings (SSSR count). The molecule has 0 aliphatic heterocycles. The van der Waals surface area contributed by atoms with Crippen molar-refractivity contribution in [1.82, 2.24) is 9.88 Å². The second-order valence-corrected chi connectivity index (χ2v) is 8.60. The molecule has 0 atom stereocenters. The summed E-state index contributed by atoms with van der Waals surface area (Å²) in [4.78, 5) is 21.8. The molecule has 3 aromatic rings. The summed E-state index contributed by atoms with van der Waals surface area (Å²) in [6.07, 6.45) is 0. The average Bonchev–Trinajstić information content (AvgIpc) is 3.14. The molecule has 2 aromatic carbocycles. The third kappa shape index (κ3) is 6.58. The lowest BCUT2D eigenvalue weighted by Crippen LogP contribution is -2.39. The highest BCUT2D eigenvalue weighted by atomic mass is 35.5. The van der Waals surface area contributed by atoms with Gasteiger partial charge in [-0.25, -0.2) is 18.2 Å². The highest BCUT2D eigenvalue weighted by Gasteiger charge is 2.22. The van der Waals surface area contributed by atoms with Gasteiger partial charge in [-0.3, -0.25) is 9.69 Å². The first-order chi connectivity index (χ1) is 14.4. The van der Waals surface area contributed by atoms with E-state index in [0.29, 0.717) is 22.9 Å². The standard InChI is InChI=1S/C21H22F3N3OS2.ClH/c1-3-26(4-2)9-10-27(19(28)13-29-16-7-5-14(22)6-8-16)21-25-20-17(24)11-15(23)12-18(20)30-21;/h5-8,11-12H,3-4,9-10,13H2,1-2H3;1H. The summed E-state index contributed by atoms with van der Waals surface area (Å²) in [5.74, 6) is -1.84. The number of amides is 1. The number of carbonyl (C=O) groups is 1. The number of likely N-dealkylation sites (N-methyl/N-ethyl adjacent to an activating group) is 1. The fourth-order valence-corrected chi connectivity index (χ4v) is 4.75. The van der Waals surface area contributed by atoms with Crippen LogP contribution in [0.15, 0.2) is 41.3 Å². The van der Waals surface area contributed by atoms with E-state index in [0.717, 1.165) is 35.4 Å². The summed E-state index contributed by atoms with van der Waals surface area (Å²) in [6.45, 7) is 6.76. The minimum atomic E-state index is -0.746. The Morgan fingerprint density at radius 3 is 2.35 bits per heavy atom. The summed E-state index contributed by atoms with van der Waals surface area (Å²) in [7, 11) is 0. The molecule has 0 spiro atoms. The van der Waals surface area contributed by atoms with Crippen LogP contribution in [0.1, 0.15) is 13.8 Å². The van der Waals surface area contributed by atoms with Gasteiger partial charge in [-0.05, 0) is 43.4 Å². The molecule has 10 heteroatoms. The SMILES string of the molecule is CCN(CC)CCN(C(=O)CSc1ccc(F)cc1)c1nc2c(F)cc(F)cc2s1.Cl. The van der Waals surface area contributed by atoms with E-state index in [1.54, 1.807) is 12.1 Å². The molecule has 1 amide bonds. The lowest BCUT2D eigenvalue weighted by Gasteiger charge is -2.24. The second-order valence-electron chi connectivity index (χ2n) is 6.55. The molecular formula is C21H23ClF3N3OS2. The van der Waals surface area contributed by atoms with Crippen molar-refractivity contribution in [2.24, 2.45) is 0 Å². The second kappa shape index (κ2) is 11.7. The van der Waals surface area contributed by atoms with Gasteiger partial charge < -0.3 is 4.90 Å². The smallest absolute Gasteiger partial charge is 0.239 e. The maximum Gasteiger partial charge on any atom is 0.239 e. The quantitative estimate of drug-likeness (QED) is 0.366. The lowest BCUT2D eigenvalue weighted by atomic mass is 10.3. The maximum atomic E-state index is 14.1. The highest BCUT2D eigenvalue weighted by Crippen LogP contribution is 2.32. The molecule has 4 nitrogen and oxygen atoms in total. The molecule has 0 radical (unpaired) electrons. The van der Waals surface area contributed by atoms with Gasteiger partial charge in [0.1, 0.15) is 17.2 Å². The number of halogens is 4. The molecule has 0 fully saturated rings. The van der Waals surface area contributed by atoms with Crippen molar-refractivity contribution in [2.75, 3.05) is 36.8 Å². The van der Waals surface area contributed by atoms with E-state index in [9.17, 15) is 18.0 Å². The number of hydrogen-bond donors (Lipinski definition) is 0. The normalized spacial score (nSPS) is 11.0. The molecule has 0 saturated carbocycles. The average molecular weight is 490 g/mol. The van der Waals surface area contributed by atoms with Crippen LogP contribution >= 0.6 is 35.5 Å². The van der Waals surface area contributed by atoms with Gasteiger partial charge in [0, 0.05) is 24.1 Å². The van der Waals surface area contributed by atoms with Gasteiger partial charge in [0.05, 0.1) is 10.5 Å². The van der Waals surface area contributed by atoms with E-state index in [2.05, 4.69) is 9.88 Å². The van der Waals surface area contributed by atoms with Crippen LogP contribution < -0.4 is 4.90 Å². The molecule has 1 aromatic heterocycles. The van der Waals surface area contributed by atoms with E-state index in [-0.39, 0.29) is 35.4 Å². The molecule has 1 heterocycles. The lowest BCUT2D eigenvalue weighted by molar-refractivity contribution is -0.116. The molecule has 0 bridgehead atoms. The summed E-state index contributed by atoms with van der Waals surface area (Å²) >= 11 is 2.38. The van der Waals surface area contributed by atoms with Crippen LogP contribution in [0, 0.1) is 17.5 Å². The Bertz CT molecular complexity index is 1010. The van der Waals surface area contributed by atoms with Crippen molar-refractivity contribution in [3.63, 3.8) is 0 Å². The Hall–Kier alpha value is -1.81. The van der Waals surface area contributed by atoms with Gasteiger partial charge >= 0.3 is 0 Å². The number of carbonyl (C=O) groups excluding carboxylic acids is 1. The predicted molar refractivity (Wildman–Crippen MR) is 124 cm³/mol. The number of anilines is 1. The van der Waals surface area contributed by atoms with Crippen LogP contribution in [-0.2, 0) is 4.79 Å². The van der Waals surface area contributed by atoms with Crippen molar-refractivity contribution in [1.29, 1.82) is 0 Å². The third-order valence-electron chi connectivity index (χ3n) is 4.64. The molecule has 168 valence electrons. The van der Waals surface area contributed by atoms with Gasteiger partial charge in [0.15, 0.2) is 10.9 Å². The van der Waals surface area contributed by atoms with E-state index in [1.807, 2.05) is 13.8 Å². The zero-order valence-electron chi connectivity index (χ0n) is 17.1. The summed E-state index contributed by atoms with van der Waals surface area (Å²) < 4.78 is 41.1. The molecular weight excluding hydrogens is 467 g/mol. The van der Waals surface area contributed by atoms with Crippen LogP contribution in [0.3, 0.4) is 0 Å². The number of thiazole rings is 1. The number of thioether (sulfide) groups is 1. The van der Waals surface area contributed by atoms with Gasteiger partial charge in [-0.1, -0.05) is 25.2 Å². The Balaban J connectivity index is 0.00000341. The van der Waals surface area contributed by atoms with Gasteiger partial charge in [0.25, 0.3) is 0 Å². The first-order valence-corrected chi connectivity index (χ1v) is 11.4. The van der Waals surface area contributed by atoms with Gasteiger partial charge in [-0.15, -0.1) is 24.2 Å². The molecule has 0 N–H and O–H groups in total. The third-order valence-corrected chi connectivity index (χ3v) is 6.67. The predicted octanol–water partition coefficient (Wildman–Crippen LogP) is 5.60. The molecule has 0 unspecified atom stereocenters. The zero-order valence-corrected chi connectivity index (χ0v) is 19.6. The number of hydrogen-bond acceptors (Lipinski definition) is 5. The van der Waals surface area contributed by atoms with Crippen LogP contribution in [0.4, 0.5) is 18.3 Å². The Morgan fingerprint density at radius 2 is 1.71 bits per heavy atom. The number of aromatic nitrogens is 1. The zero-order chi connectivity index (χ0) is 21.7. The number of benzene rings is 2. The molecule has 0 aliphatic carbocycles. The molecule has 0 aliphatic rings. The van der Waals surface area contributed by atoms with Gasteiger partial charge in [-0.2, -0.15) is 0 Å². The molecule has 31 heavy (non-hydrogen) atoms. The van der Waals surface area contributed by atoms with Crippen molar-refractivity contribution >= 4 is 56.8 Å². The van der Waals surface area contributed by atoms with Crippen LogP contribution in [0.25, 0.3) is 10.2 Å². The van der Waals surface area contributed by atoms with E-state index in [1.165, 1.54) is 34.9 Å². The first-order valence-electron chi connectivity index (χ1n) is 9.58. The summed E-state index contributed by atoms with van der Waals surface area (Å²) in [6, 6.07) is 7.93. The summed E-state index contributed by atoms with van der Waals surface area (Å²) in [5.41, 5.74) is 0.0585. The van der Waals surface area contributed by atoms with E-state index < -0.39 is 11.6 Å². The number of rotatable bonds is 9. The van der Waals surface area contributed by atoms with E-state index in [4.69, 9.17) is 0 Å². The largest absolute Gasteiger partial charge is 0.302 e. The van der Waals surface area contributed by atoms with Crippen molar-refractivity contribution < 1.29 is 18.0 Å². The fraction of sp³-hybridized carbons (Fsp3) is 0.333. The first kappa shape index (κ1) is 25.5. The number of nitrogens with zero attached hydrogens (tertiary/aromatic N) is 3. The summed E-state index contributed by atoms with van der Waals surface area (Å²) in [5, 5.41) is 0.339. The van der Waals surface area contributed by atoms with Crippen molar-refractivity contribution in [3.05, 3.63) is 53.8 Å². The minimum absolute atomic E-state index is 0. The Morgan fingerprint density at radius 1 is 1.03 bits per heavy atom. The van der Waals surface area contributed by atoms with Crippen LogP contribution in [-0.4, -0.2) is 47.7 Å². The minimum Gasteiger partial charge on any atom is -0.302 e. The van der Waals surface area contributed by atoms with Crippen LogP contribution in [0.2, 0.25) is 0 Å². The topological polar surface area (TPSA) is 36.4 Å². The fourth-order valence-electron chi connectivity index (χ4n) is 2.92. The maximum absolute atomic E-state index is 14.1. The molecule has 0 saturated heterocycles. The van der Waals surface area contributed by atoms with Gasteiger partial charge in [0.2, 0.25) is 5.91 Å². The Labute approximate surface area is 193 Å². The monoisotopic (exact) mass is 489 g/mol. The van der Waals surface area contributed by atoms with E-state index >= 15 is 0 Å². The van der Waals surface area contributed by atoms with Crippen molar-refractivity contribution in [2.45, 2.75) is 18.7 Å². The highest BCUT2D eigenvalue weighted by molar-refractivity contribution is 8.00. The Kier molecular flexibility index (Phi) is 9.61. The van der Waals surface area contributed by atoms with Crippen LogP contribution in [0.5, 0.6) is 0 Å². The number of fused-ring (bicyclic) bond motifs is 1. The van der Waals surface area contributed by atoms with Crippen molar-refractivity contribution in [3.8, 4) is 0 Å².